The molecule has 0 aromatic carbocycles. The summed E-state index contributed by atoms with van der Waals surface area (Å²) in [7, 11) is 0. The van der Waals surface area contributed by atoms with Crippen LogP contribution in [0.3, 0.4) is 0 Å². The molecule has 0 aliphatic heterocycles. The van der Waals surface area contributed by atoms with Gasteiger partial charge in [-0.15, -0.1) is 0 Å². The standard InChI is InChI=1S/C11H18N2O2/c1-8-2-4-9(5-3-8)6-11(15)13-7-10(12)14/h6,8H,2-5,7H2,1H3,(H2,12,14)(H,13,15). The Morgan fingerprint density at radius 3 is 2.60 bits per heavy atom. The number of allylic oxidation sites excluding steroid dienone is 1. The second-order valence-electron chi connectivity index (χ2n) is 4.17. The maximum absolute atomic E-state index is 11.3. The monoisotopic (exact) mass is 210 g/mol. The third kappa shape index (κ3) is 4.63. The molecule has 0 radical (unpaired) electrons. The van der Waals surface area contributed by atoms with E-state index in [0.717, 1.165) is 31.6 Å². The Balaban J connectivity index is 2.35. The van der Waals surface area contributed by atoms with Crippen molar-refractivity contribution in [1.29, 1.82) is 0 Å². The number of hydrogen-bond donors (Lipinski definition) is 2. The van der Waals surface area contributed by atoms with Gasteiger partial charge in [0.1, 0.15) is 0 Å². The van der Waals surface area contributed by atoms with Crippen molar-refractivity contribution in [2.24, 2.45) is 11.7 Å². The molecule has 84 valence electrons. The van der Waals surface area contributed by atoms with Gasteiger partial charge in [0.2, 0.25) is 11.8 Å². The molecule has 2 amide bonds. The minimum Gasteiger partial charge on any atom is -0.368 e. The van der Waals surface area contributed by atoms with Crippen LogP contribution in [-0.4, -0.2) is 18.4 Å². The zero-order valence-corrected chi connectivity index (χ0v) is 9.08. The summed E-state index contributed by atoms with van der Waals surface area (Å²) in [5, 5.41) is 2.45. The Kier molecular flexibility index (Phi) is 4.34. The van der Waals surface area contributed by atoms with E-state index in [4.69, 9.17) is 5.73 Å². The van der Waals surface area contributed by atoms with E-state index in [2.05, 4.69) is 12.2 Å². The van der Waals surface area contributed by atoms with Crippen LogP contribution in [0, 0.1) is 5.92 Å². The number of nitrogens with two attached hydrogens (primary N) is 1. The van der Waals surface area contributed by atoms with Gasteiger partial charge in [0.25, 0.3) is 0 Å². The molecular weight excluding hydrogens is 192 g/mol. The number of carbonyl (C=O) groups is 2. The van der Waals surface area contributed by atoms with Gasteiger partial charge in [-0.1, -0.05) is 12.5 Å². The number of primary amides is 1. The molecule has 15 heavy (non-hydrogen) atoms. The summed E-state index contributed by atoms with van der Waals surface area (Å²) in [5.74, 6) is 0.0354. The Morgan fingerprint density at radius 1 is 1.47 bits per heavy atom. The van der Waals surface area contributed by atoms with Gasteiger partial charge >= 0.3 is 0 Å². The van der Waals surface area contributed by atoms with Gasteiger partial charge < -0.3 is 11.1 Å². The molecule has 1 rings (SSSR count). The quantitative estimate of drug-likeness (QED) is 0.674. The topological polar surface area (TPSA) is 72.2 Å². The average molecular weight is 210 g/mol. The lowest BCUT2D eigenvalue weighted by Gasteiger charge is -2.19. The molecule has 1 aliphatic carbocycles. The van der Waals surface area contributed by atoms with Crippen LogP contribution in [0.2, 0.25) is 0 Å². The molecule has 3 N–H and O–H groups in total. The number of hydrogen-bond acceptors (Lipinski definition) is 2. The van der Waals surface area contributed by atoms with Crippen molar-refractivity contribution in [3.05, 3.63) is 11.6 Å². The predicted molar refractivity (Wildman–Crippen MR) is 57.9 cm³/mol. The van der Waals surface area contributed by atoms with E-state index in [1.807, 2.05) is 0 Å². The van der Waals surface area contributed by atoms with E-state index in [1.165, 1.54) is 5.57 Å². The SMILES string of the molecule is CC1CCC(=CC(=O)NCC(N)=O)CC1. The third-order valence-corrected chi connectivity index (χ3v) is 2.69. The maximum Gasteiger partial charge on any atom is 0.244 e. The number of rotatable bonds is 3. The molecule has 4 nitrogen and oxygen atoms in total. The molecule has 1 aliphatic rings. The summed E-state index contributed by atoms with van der Waals surface area (Å²) in [5.41, 5.74) is 6.09. The van der Waals surface area contributed by atoms with Gasteiger partial charge in [-0.3, -0.25) is 9.59 Å². The Morgan fingerprint density at radius 2 is 2.07 bits per heavy atom. The fourth-order valence-corrected chi connectivity index (χ4v) is 1.69. The largest absolute Gasteiger partial charge is 0.368 e. The first-order valence-corrected chi connectivity index (χ1v) is 5.33. The number of carbonyl (C=O) groups excluding carboxylic acids is 2. The maximum atomic E-state index is 11.3. The Labute approximate surface area is 89.9 Å². The molecule has 1 saturated carbocycles. The van der Waals surface area contributed by atoms with Gasteiger partial charge in [-0.2, -0.15) is 0 Å². The molecular formula is C11H18N2O2. The lowest BCUT2D eigenvalue weighted by atomic mass is 9.87. The smallest absolute Gasteiger partial charge is 0.244 e. The van der Waals surface area contributed by atoms with Gasteiger partial charge in [0.05, 0.1) is 6.54 Å². The van der Waals surface area contributed by atoms with Gasteiger partial charge in [0.15, 0.2) is 0 Å². The molecule has 0 aromatic heterocycles. The fourth-order valence-electron chi connectivity index (χ4n) is 1.69. The minimum absolute atomic E-state index is 0.0843. The molecule has 0 atom stereocenters. The van der Waals surface area contributed by atoms with Crippen molar-refractivity contribution in [2.45, 2.75) is 32.6 Å². The molecule has 4 heteroatoms. The zero-order valence-electron chi connectivity index (χ0n) is 9.08. The second kappa shape index (κ2) is 5.53. The van der Waals surface area contributed by atoms with Crippen LogP contribution in [0.15, 0.2) is 11.6 Å². The minimum atomic E-state index is -0.515. The molecule has 0 saturated heterocycles. The van der Waals surface area contributed by atoms with Gasteiger partial charge in [-0.25, -0.2) is 0 Å². The van der Waals surface area contributed by atoms with Crippen LogP contribution in [0.5, 0.6) is 0 Å². The van der Waals surface area contributed by atoms with E-state index in [9.17, 15) is 9.59 Å². The molecule has 0 bridgehead atoms. The van der Waals surface area contributed by atoms with E-state index in [0.29, 0.717) is 0 Å². The summed E-state index contributed by atoms with van der Waals surface area (Å²) >= 11 is 0. The summed E-state index contributed by atoms with van der Waals surface area (Å²) < 4.78 is 0. The summed E-state index contributed by atoms with van der Waals surface area (Å²) in [4.78, 5) is 21.7. The summed E-state index contributed by atoms with van der Waals surface area (Å²) in [6.45, 7) is 2.14. The zero-order chi connectivity index (χ0) is 11.3. The molecule has 0 aromatic rings. The average Bonchev–Trinajstić information content (AvgIpc) is 2.19. The fraction of sp³-hybridized carbons (Fsp3) is 0.636. The van der Waals surface area contributed by atoms with Crippen molar-refractivity contribution in [3.63, 3.8) is 0 Å². The van der Waals surface area contributed by atoms with E-state index in [1.54, 1.807) is 6.08 Å². The Bertz CT molecular complexity index is 274. The van der Waals surface area contributed by atoms with Gasteiger partial charge in [-0.05, 0) is 31.6 Å². The van der Waals surface area contributed by atoms with E-state index in [-0.39, 0.29) is 12.5 Å². The molecule has 1 fully saturated rings. The summed E-state index contributed by atoms with van der Waals surface area (Å²) in [6.07, 6.45) is 5.88. The van der Waals surface area contributed by atoms with Crippen LogP contribution >= 0.6 is 0 Å². The van der Waals surface area contributed by atoms with Crippen LogP contribution in [-0.2, 0) is 9.59 Å². The normalized spacial score (nSPS) is 20.9. The first-order chi connectivity index (χ1) is 7.08. The summed E-state index contributed by atoms with van der Waals surface area (Å²) in [6, 6.07) is 0. The van der Waals surface area contributed by atoms with Crippen LogP contribution < -0.4 is 11.1 Å². The van der Waals surface area contributed by atoms with E-state index >= 15 is 0 Å². The molecule has 0 spiro atoms. The highest BCUT2D eigenvalue weighted by molar-refractivity contribution is 5.91. The first-order valence-electron chi connectivity index (χ1n) is 5.33. The number of amides is 2. The first kappa shape index (κ1) is 11.8. The lowest BCUT2D eigenvalue weighted by molar-refractivity contribution is -0.122. The molecule has 0 heterocycles. The van der Waals surface area contributed by atoms with Crippen LogP contribution in [0.4, 0.5) is 0 Å². The van der Waals surface area contributed by atoms with Crippen molar-refractivity contribution >= 4 is 11.8 Å². The van der Waals surface area contributed by atoms with Crippen LogP contribution in [0.25, 0.3) is 0 Å². The highest BCUT2D eigenvalue weighted by atomic mass is 16.2. The molecule has 0 unspecified atom stereocenters. The van der Waals surface area contributed by atoms with Crippen molar-refractivity contribution in [2.75, 3.05) is 6.54 Å². The lowest BCUT2D eigenvalue weighted by Crippen LogP contribution is -2.32. The highest BCUT2D eigenvalue weighted by Gasteiger charge is 2.13. The highest BCUT2D eigenvalue weighted by Crippen LogP contribution is 2.27. The van der Waals surface area contributed by atoms with Crippen molar-refractivity contribution in [1.82, 2.24) is 5.32 Å². The number of nitrogens with one attached hydrogen (secondary N) is 1. The van der Waals surface area contributed by atoms with Crippen LogP contribution in [0.1, 0.15) is 32.6 Å². The third-order valence-electron chi connectivity index (χ3n) is 2.69. The Hall–Kier alpha value is -1.32. The van der Waals surface area contributed by atoms with Crippen molar-refractivity contribution < 1.29 is 9.59 Å². The van der Waals surface area contributed by atoms with Gasteiger partial charge in [0, 0.05) is 6.08 Å². The predicted octanol–water partition coefficient (Wildman–Crippen LogP) is 0.724. The van der Waals surface area contributed by atoms with E-state index < -0.39 is 5.91 Å². The second-order valence-corrected chi connectivity index (χ2v) is 4.17. The van der Waals surface area contributed by atoms with Crippen molar-refractivity contribution in [3.8, 4) is 0 Å².